The number of aryl methyl sites for hydroxylation is 1. The molecule has 0 saturated carbocycles. The van der Waals surface area contributed by atoms with E-state index in [0.717, 1.165) is 5.56 Å². The van der Waals surface area contributed by atoms with Crippen LogP contribution in [0.3, 0.4) is 0 Å². The molecule has 0 saturated heterocycles. The highest BCUT2D eigenvalue weighted by atomic mass is 16.6. The Morgan fingerprint density at radius 1 is 1.15 bits per heavy atom. The number of fused-ring (bicyclic) bond motifs is 1. The molecule has 0 atom stereocenters. The van der Waals surface area contributed by atoms with Crippen LogP contribution in [0.25, 0.3) is 0 Å². The van der Waals surface area contributed by atoms with Gasteiger partial charge in [-0.15, -0.1) is 0 Å². The first kappa shape index (κ1) is 12.7. The van der Waals surface area contributed by atoms with Crippen LogP contribution in [-0.2, 0) is 13.1 Å². The van der Waals surface area contributed by atoms with E-state index < -0.39 is 0 Å². The number of aromatic nitrogens is 2. The Balaban J connectivity index is 1.94. The van der Waals surface area contributed by atoms with E-state index >= 15 is 0 Å². The van der Waals surface area contributed by atoms with E-state index in [1.165, 1.54) is 0 Å². The van der Waals surface area contributed by atoms with Crippen LogP contribution in [0.5, 0.6) is 11.5 Å². The van der Waals surface area contributed by atoms with Crippen molar-refractivity contribution >= 4 is 5.69 Å². The average molecular weight is 275 g/mol. The van der Waals surface area contributed by atoms with E-state index in [1.54, 1.807) is 27.6 Å². The number of nitrogen functional groups attached to an aromatic ring is 1. The maximum Gasteiger partial charge on any atom is 0.328 e. The molecule has 2 heterocycles. The van der Waals surface area contributed by atoms with Crippen molar-refractivity contribution in [3.63, 3.8) is 0 Å². The van der Waals surface area contributed by atoms with Crippen molar-refractivity contribution < 1.29 is 9.47 Å². The summed E-state index contributed by atoms with van der Waals surface area (Å²) in [7, 11) is 0. The van der Waals surface area contributed by atoms with Gasteiger partial charge < -0.3 is 15.2 Å². The van der Waals surface area contributed by atoms with Crippen LogP contribution in [0.2, 0.25) is 0 Å². The second-order valence-corrected chi connectivity index (χ2v) is 4.69. The first-order valence-corrected chi connectivity index (χ1v) is 6.62. The molecule has 0 bridgehead atoms. The number of nitrogens with zero attached hydrogens (tertiary/aromatic N) is 2. The molecule has 2 aromatic rings. The molecule has 0 fully saturated rings. The zero-order chi connectivity index (χ0) is 14.1. The Morgan fingerprint density at radius 3 is 2.45 bits per heavy atom. The molecule has 6 heteroatoms. The van der Waals surface area contributed by atoms with Gasteiger partial charge >= 0.3 is 5.69 Å². The Labute approximate surface area is 116 Å². The van der Waals surface area contributed by atoms with Gasteiger partial charge in [0.1, 0.15) is 13.2 Å². The van der Waals surface area contributed by atoms with Crippen LogP contribution in [0, 0.1) is 0 Å². The minimum absolute atomic E-state index is 0.0400. The zero-order valence-electron chi connectivity index (χ0n) is 11.3. The molecule has 6 nitrogen and oxygen atoms in total. The number of hydrogen-bond donors (Lipinski definition) is 1. The molecule has 2 N–H and O–H groups in total. The van der Waals surface area contributed by atoms with Gasteiger partial charge in [0.2, 0.25) is 0 Å². The van der Waals surface area contributed by atoms with Gasteiger partial charge in [-0.05, 0) is 18.6 Å². The molecule has 1 aromatic carbocycles. The van der Waals surface area contributed by atoms with Gasteiger partial charge in [-0.1, -0.05) is 0 Å². The standard InChI is InChI=1S/C14H17N3O3/c1-2-16-3-4-17(14(16)18)9-10-7-12-13(8-11(10)15)20-6-5-19-12/h3-4,7-8H,2,5-6,9,15H2,1H3. The van der Waals surface area contributed by atoms with Gasteiger partial charge in [0.15, 0.2) is 11.5 Å². The van der Waals surface area contributed by atoms with Gasteiger partial charge in [0.05, 0.1) is 6.54 Å². The topological polar surface area (TPSA) is 71.4 Å². The fraction of sp³-hybridized carbons (Fsp3) is 0.357. The minimum atomic E-state index is -0.0400. The van der Waals surface area contributed by atoms with Gasteiger partial charge in [0.25, 0.3) is 0 Å². The fourth-order valence-corrected chi connectivity index (χ4v) is 2.28. The van der Waals surface area contributed by atoms with E-state index in [-0.39, 0.29) is 5.69 Å². The van der Waals surface area contributed by atoms with Gasteiger partial charge in [0, 0.05) is 30.7 Å². The van der Waals surface area contributed by atoms with Gasteiger partial charge in [-0.25, -0.2) is 4.79 Å². The first-order chi connectivity index (χ1) is 9.69. The minimum Gasteiger partial charge on any atom is -0.486 e. The van der Waals surface area contributed by atoms with Crippen molar-refractivity contribution in [1.29, 1.82) is 0 Å². The summed E-state index contributed by atoms with van der Waals surface area (Å²) in [6.07, 6.45) is 3.54. The molecule has 20 heavy (non-hydrogen) atoms. The van der Waals surface area contributed by atoms with Crippen molar-refractivity contribution in [1.82, 2.24) is 9.13 Å². The number of imidazole rings is 1. The Hall–Kier alpha value is -2.37. The average Bonchev–Trinajstić information content (AvgIpc) is 2.80. The molecule has 1 aliphatic heterocycles. The number of nitrogens with two attached hydrogens (primary N) is 1. The van der Waals surface area contributed by atoms with E-state index in [4.69, 9.17) is 15.2 Å². The maximum absolute atomic E-state index is 12.0. The quantitative estimate of drug-likeness (QED) is 0.851. The smallest absolute Gasteiger partial charge is 0.328 e. The summed E-state index contributed by atoms with van der Waals surface area (Å²) < 4.78 is 14.3. The number of anilines is 1. The number of hydrogen-bond acceptors (Lipinski definition) is 4. The Bertz CT molecular complexity index is 687. The third-order valence-electron chi connectivity index (χ3n) is 3.40. The largest absolute Gasteiger partial charge is 0.486 e. The van der Waals surface area contributed by atoms with Crippen molar-refractivity contribution in [3.8, 4) is 11.5 Å². The van der Waals surface area contributed by atoms with Crippen LogP contribution >= 0.6 is 0 Å². The molecule has 106 valence electrons. The summed E-state index contributed by atoms with van der Waals surface area (Å²) >= 11 is 0. The number of benzene rings is 1. The lowest BCUT2D eigenvalue weighted by Crippen LogP contribution is -2.24. The summed E-state index contributed by atoms with van der Waals surface area (Å²) in [5.74, 6) is 1.35. The van der Waals surface area contributed by atoms with Crippen LogP contribution in [0.1, 0.15) is 12.5 Å². The highest BCUT2D eigenvalue weighted by Crippen LogP contribution is 2.34. The third kappa shape index (κ3) is 2.13. The van der Waals surface area contributed by atoms with E-state index in [1.807, 2.05) is 13.0 Å². The second-order valence-electron chi connectivity index (χ2n) is 4.69. The molecule has 1 aliphatic rings. The first-order valence-electron chi connectivity index (χ1n) is 6.62. The molecule has 1 aromatic heterocycles. The molecule has 0 aliphatic carbocycles. The predicted molar refractivity (Wildman–Crippen MR) is 75.3 cm³/mol. The predicted octanol–water partition coefficient (Wildman–Crippen LogP) is 1.07. The number of ether oxygens (including phenoxy) is 2. The maximum atomic E-state index is 12.0. The lowest BCUT2D eigenvalue weighted by atomic mass is 10.1. The van der Waals surface area contributed by atoms with Crippen LogP contribution < -0.4 is 20.9 Å². The highest BCUT2D eigenvalue weighted by Gasteiger charge is 2.15. The molecular weight excluding hydrogens is 258 g/mol. The SMILES string of the molecule is CCn1ccn(Cc2cc3c(cc2N)OCCO3)c1=O. The second kappa shape index (κ2) is 4.96. The number of rotatable bonds is 3. The summed E-state index contributed by atoms with van der Waals surface area (Å²) in [6, 6.07) is 3.60. The Morgan fingerprint density at radius 2 is 1.80 bits per heavy atom. The van der Waals surface area contributed by atoms with Crippen LogP contribution in [-0.4, -0.2) is 22.3 Å². The fourth-order valence-electron chi connectivity index (χ4n) is 2.28. The zero-order valence-corrected chi connectivity index (χ0v) is 11.3. The molecular formula is C14H17N3O3. The van der Waals surface area contributed by atoms with Gasteiger partial charge in [-0.2, -0.15) is 0 Å². The molecule has 0 unspecified atom stereocenters. The van der Waals surface area contributed by atoms with Gasteiger partial charge in [-0.3, -0.25) is 9.13 Å². The summed E-state index contributed by atoms with van der Waals surface area (Å²) in [5.41, 5.74) is 7.44. The molecule has 0 spiro atoms. The van der Waals surface area contributed by atoms with E-state index in [9.17, 15) is 4.79 Å². The monoisotopic (exact) mass is 275 g/mol. The summed E-state index contributed by atoms with van der Waals surface area (Å²) in [6.45, 7) is 4.08. The molecule has 3 rings (SSSR count). The summed E-state index contributed by atoms with van der Waals surface area (Å²) in [5, 5.41) is 0. The van der Waals surface area contributed by atoms with Crippen molar-refractivity contribution in [3.05, 3.63) is 40.6 Å². The van der Waals surface area contributed by atoms with Crippen LogP contribution in [0.15, 0.2) is 29.3 Å². The van der Waals surface area contributed by atoms with Crippen LogP contribution in [0.4, 0.5) is 5.69 Å². The normalized spacial score (nSPS) is 13.4. The van der Waals surface area contributed by atoms with Crippen molar-refractivity contribution in [2.75, 3.05) is 18.9 Å². The molecule has 0 radical (unpaired) electrons. The Kier molecular flexibility index (Phi) is 3.14. The van der Waals surface area contributed by atoms with Crippen molar-refractivity contribution in [2.45, 2.75) is 20.0 Å². The third-order valence-corrected chi connectivity index (χ3v) is 3.40. The van der Waals surface area contributed by atoms with Crippen molar-refractivity contribution in [2.24, 2.45) is 0 Å². The van der Waals surface area contributed by atoms with E-state index in [2.05, 4.69) is 0 Å². The summed E-state index contributed by atoms with van der Waals surface area (Å²) in [4.78, 5) is 12.0. The lowest BCUT2D eigenvalue weighted by molar-refractivity contribution is 0.171. The molecule has 0 amide bonds. The lowest BCUT2D eigenvalue weighted by Gasteiger charge is -2.20. The highest BCUT2D eigenvalue weighted by molar-refractivity contribution is 5.58. The van der Waals surface area contributed by atoms with E-state index in [0.29, 0.717) is 43.5 Å².